The van der Waals surface area contributed by atoms with Gasteiger partial charge in [-0.05, 0) is 59.5 Å². The van der Waals surface area contributed by atoms with Crippen molar-refractivity contribution in [3.63, 3.8) is 0 Å². The van der Waals surface area contributed by atoms with Crippen molar-refractivity contribution in [3.8, 4) is 16.9 Å². The molecule has 0 aliphatic rings. The Labute approximate surface area is 226 Å². The van der Waals surface area contributed by atoms with Crippen LogP contribution in [0, 0.1) is 0 Å². The van der Waals surface area contributed by atoms with Crippen molar-refractivity contribution in [1.29, 1.82) is 0 Å². The van der Waals surface area contributed by atoms with Crippen molar-refractivity contribution in [2.45, 2.75) is 19.4 Å². The number of carboxylic acid groups (broad SMARTS) is 1. The molecule has 0 bridgehead atoms. The van der Waals surface area contributed by atoms with Crippen molar-refractivity contribution < 1.29 is 28.6 Å². The number of nitrogens with one attached hydrogen (secondary N) is 1. The SMILES string of the molecule is COc1cccc(CCN(CCC(=O)O)C(=O)c2ccccc2-c2ccccc2C(=O)NCc2ccco2)c1. The van der Waals surface area contributed by atoms with E-state index in [1.54, 1.807) is 66.8 Å². The Balaban J connectivity index is 1.61. The monoisotopic (exact) mass is 526 g/mol. The third-order valence-corrected chi connectivity index (χ3v) is 6.31. The predicted molar refractivity (Wildman–Crippen MR) is 147 cm³/mol. The largest absolute Gasteiger partial charge is 0.497 e. The maximum atomic E-state index is 13.9. The number of nitrogens with zero attached hydrogens (tertiary/aromatic N) is 1. The number of hydrogen-bond donors (Lipinski definition) is 2. The summed E-state index contributed by atoms with van der Waals surface area (Å²) < 4.78 is 10.6. The first kappa shape index (κ1) is 27.2. The number of rotatable bonds is 12. The fourth-order valence-electron chi connectivity index (χ4n) is 4.30. The third kappa shape index (κ3) is 7.13. The van der Waals surface area contributed by atoms with Crippen molar-refractivity contribution in [1.82, 2.24) is 10.2 Å². The van der Waals surface area contributed by atoms with E-state index in [0.717, 1.165) is 5.56 Å². The molecular weight excluding hydrogens is 496 g/mol. The average Bonchev–Trinajstić information content (AvgIpc) is 3.49. The maximum absolute atomic E-state index is 13.9. The van der Waals surface area contributed by atoms with Gasteiger partial charge in [-0.3, -0.25) is 14.4 Å². The number of ether oxygens (including phenoxy) is 1. The van der Waals surface area contributed by atoms with Gasteiger partial charge in [-0.2, -0.15) is 0 Å². The minimum atomic E-state index is -0.985. The Hall–Kier alpha value is -4.85. The second-order valence-corrected chi connectivity index (χ2v) is 8.89. The lowest BCUT2D eigenvalue weighted by atomic mass is 9.94. The molecule has 1 heterocycles. The van der Waals surface area contributed by atoms with Crippen LogP contribution in [0.5, 0.6) is 5.75 Å². The number of carbonyl (C=O) groups excluding carboxylic acids is 2. The zero-order chi connectivity index (χ0) is 27.6. The van der Waals surface area contributed by atoms with Crippen LogP contribution in [0.25, 0.3) is 11.1 Å². The predicted octanol–water partition coefficient (Wildman–Crippen LogP) is 5.04. The van der Waals surface area contributed by atoms with E-state index in [2.05, 4.69) is 5.32 Å². The summed E-state index contributed by atoms with van der Waals surface area (Å²) in [6.07, 6.45) is 1.88. The Kier molecular flexibility index (Phi) is 9.13. The van der Waals surface area contributed by atoms with Crippen LogP contribution >= 0.6 is 0 Å². The minimum absolute atomic E-state index is 0.0533. The summed E-state index contributed by atoms with van der Waals surface area (Å²) in [5.41, 5.74) is 2.96. The minimum Gasteiger partial charge on any atom is -0.497 e. The van der Waals surface area contributed by atoms with Crippen molar-refractivity contribution in [3.05, 3.63) is 114 Å². The molecule has 0 saturated carbocycles. The first-order valence-corrected chi connectivity index (χ1v) is 12.6. The molecule has 200 valence electrons. The number of hydrogen-bond acceptors (Lipinski definition) is 5. The molecule has 0 aliphatic carbocycles. The lowest BCUT2D eigenvalue weighted by Crippen LogP contribution is -2.35. The first-order chi connectivity index (χ1) is 19.0. The highest BCUT2D eigenvalue weighted by atomic mass is 16.5. The van der Waals surface area contributed by atoms with Crippen LogP contribution in [0.1, 0.15) is 38.5 Å². The summed E-state index contributed by atoms with van der Waals surface area (Å²) in [6.45, 7) is 0.602. The van der Waals surface area contributed by atoms with E-state index in [4.69, 9.17) is 9.15 Å². The molecule has 0 saturated heterocycles. The molecule has 2 N–H and O–H groups in total. The molecule has 0 atom stereocenters. The third-order valence-electron chi connectivity index (χ3n) is 6.31. The van der Waals surface area contributed by atoms with E-state index >= 15 is 0 Å². The summed E-state index contributed by atoms with van der Waals surface area (Å²) in [5.74, 6) is -0.253. The van der Waals surface area contributed by atoms with Crippen LogP contribution in [-0.4, -0.2) is 48.0 Å². The van der Waals surface area contributed by atoms with Gasteiger partial charge < -0.3 is 24.5 Å². The van der Waals surface area contributed by atoms with E-state index in [1.807, 2.05) is 36.4 Å². The van der Waals surface area contributed by atoms with Crippen molar-refractivity contribution in [2.24, 2.45) is 0 Å². The molecule has 0 fully saturated rings. The highest BCUT2D eigenvalue weighted by Gasteiger charge is 2.22. The van der Waals surface area contributed by atoms with Crippen LogP contribution in [0.15, 0.2) is 95.6 Å². The van der Waals surface area contributed by atoms with Gasteiger partial charge in [0.1, 0.15) is 11.5 Å². The standard InChI is InChI=1S/C31H30N2O6/c1-38-23-9-6-8-22(20-23)15-17-33(18-16-29(34)35)31(37)28-14-5-3-12-26(28)25-11-2-4-13-27(25)30(36)32-21-24-10-7-19-39-24/h2-14,19-20H,15-18,21H2,1H3,(H,32,36)(H,34,35). The zero-order valence-corrected chi connectivity index (χ0v) is 21.6. The van der Waals surface area contributed by atoms with Crippen LogP contribution < -0.4 is 10.1 Å². The maximum Gasteiger partial charge on any atom is 0.305 e. The Morgan fingerprint density at radius 2 is 1.59 bits per heavy atom. The lowest BCUT2D eigenvalue weighted by molar-refractivity contribution is -0.137. The van der Waals surface area contributed by atoms with Crippen molar-refractivity contribution >= 4 is 17.8 Å². The van der Waals surface area contributed by atoms with Gasteiger partial charge in [0.15, 0.2) is 0 Å². The van der Waals surface area contributed by atoms with Gasteiger partial charge in [0.05, 0.1) is 26.3 Å². The number of furan rings is 1. The van der Waals surface area contributed by atoms with E-state index in [-0.39, 0.29) is 31.3 Å². The quantitative estimate of drug-likeness (QED) is 0.268. The molecule has 8 heteroatoms. The number of aliphatic carboxylic acids is 1. The average molecular weight is 527 g/mol. The normalized spacial score (nSPS) is 10.6. The first-order valence-electron chi connectivity index (χ1n) is 12.6. The smallest absolute Gasteiger partial charge is 0.305 e. The molecule has 0 radical (unpaired) electrons. The highest BCUT2D eigenvalue weighted by Crippen LogP contribution is 2.28. The van der Waals surface area contributed by atoms with E-state index < -0.39 is 5.97 Å². The summed E-state index contributed by atoms with van der Waals surface area (Å²) in [4.78, 5) is 39.9. The van der Waals surface area contributed by atoms with Gasteiger partial charge in [0.25, 0.3) is 11.8 Å². The van der Waals surface area contributed by atoms with Gasteiger partial charge in [0.2, 0.25) is 0 Å². The topological polar surface area (TPSA) is 109 Å². The summed E-state index contributed by atoms with van der Waals surface area (Å²) in [5, 5.41) is 12.2. The van der Waals surface area contributed by atoms with Gasteiger partial charge in [-0.1, -0.05) is 48.5 Å². The number of carboxylic acids is 1. The summed E-state index contributed by atoms with van der Waals surface area (Å²) >= 11 is 0. The van der Waals surface area contributed by atoms with Crippen LogP contribution in [0.4, 0.5) is 0 Å². The Bertz CT molecular complexity index is 1430. The van der Waals surface area contributed by atoms with Gasteiger partial charge in [0, 0.05) is 24.2 Å². The van der Waals surface area contributed by atoms with Crippen LogP contribution in [-0.2, 0) is 17.8 Å². The summed E-state index contributed by atoms with van der Waals surface area (Å²) in [7, 11) is 1.59. The molecule has 4 aromatic rings. The highest BCUT2D eigenvalue weighted by molar-refractivity contribution is 6.06. The molecule has 4 rings (SSSR count). The molecular formula is C31H30N2O6. The zero-order valence-electron chi connectivity index (χ0n) is 21.6. The van der Waals surface area contributed by atoms with Crippen LogP contribution in [0.3, 0.4) is 0 Å². The van der Waals surface area contributed by atoms with E-state index in [0.29, 0.717) is 46.7 Å². The molecule has 8 nitrogen and oxygen atoms in total. The summed E-state index contributed by atoms with van der Waals surface area (Å²) in [6, 6.07) is 25.2. The Morgan fingerprint density at radius 3 is 2.28 bits per heavy atom. The molecule has 0 aliphatic heterocycles. The number of methoxy groups -OCH3 is 1. The number of benzene rings is 3. The lowest BCUT2D eigenvalue weighted by Gasteiger charge is -2.24. The Morgan fingerprint density at radius 1 is 0.872 bits per heavy atom. The number of carbonyl (C=O) groups is 3. The van der Waals surface area contributed by atoms with Gasteiger partial charge in [-0.25, -0.2) is 0 Å². The fourth-order valence-corrected chi connectivity index (χ4v) is 4.30. The fraction of sp³-hybridized carbons (Fsp3) is 0.194. The van der Waals surface area contributed by atoms with Crippen LogP contribution in [0.2, 0.25) is 0 Å². The second-order valence-electron chi connectivity index (χ2n) is 8.89. The molecule has 1 aromatic heterocycles. The van der Waals surface area contributed by atoms with Crippen molar-refractivity contribution in [2.75, 3.05) is 20.2 Å². The van der Waals surface area contributed by atoms with Gasteiger partial charge >= 0.3 is 5.97 Å². The molecule has 3 aromatic carbocycles. The molecule has 0 spiro atoms. The molecule has 39 heavy (non-hydrogen) atoms. The second kappa shape index (κ2) is 13.1. The van der Waals surface area contributed by atoms with Gasteiger partial charge in [-0.15, -0.1) is 0 Å². The van der Waals surface area contributed by atoms with E-state index in [9.17, 15) is 19.5 Å². The number of amides is 2. The van der Waals surface area contributed by atoms with E-state index in [1.165, 1.54) is 0 Å². The molecule has 0 unspecified atom stereocenters. The molecule has 2 amide bonds.